The molecule has 2 heteroatoms. The third kappa shape index (κ3) is 1.87. The Morgan fingerprint density at radius 1 is 1.70 bits per heavy atom. The van der Waals surface area contributed by atoms with E-state index in [2.05, 4.69) is 11.9 Å². The van der Waals surface area contributed by atoms with Crippen LogP contribution in [-0.4, -0.2) is 12.5 Å². The lowest BCUT2D eigenvalue weighted by Crippen LogP contribution is -2.24. The minimum Gasteiger partial charge on any atom is -0.356 e. The van der Waals surface area contributed by atoms with E-state index < -0.39 is 0 Å². The van der Waals surface area contributed by atoms with E-state index in [1.807, 2.05) is 6.08 Å². The van der Waals surface area contributed by atoms with Crippen LogP contribution in [-0.2, 0) is 4.79 Å². The lowest BCUT2D eigenvalue weighted by molar-refractivity contribution is -0.120. The van der Waals surface area contributed by atoms with Crippen molar-refractivity contribution in [2.45, 2.75) is 19.3 Å². The monoisotopic (exact) mass is 139 g/mol. The second-order valence-electron chi connectivity index (χ2n) is 2.69. The molecule has 56 valence electrons. The normalized spacial score (nSPS) is 26.8. The van der Waals surface area contributed by atoms with Gasteiger partial charge in [0, 0.05) is 13.0 Å². The number of carbonyl (C=O) groups excluding carboxylic acids is 1. The SMILES string of the molecule is C=C[C@@H]1CCCC(=O)NC1. The topological polar surface area (TPSA) is 29.1 Å². The van der Waals surface area contributed by atoms with E-state index in [4.69, 9.17) is 0 Å². The fraction of sp³-hybridized carbons (Fsp3) is 0.625. The summed E-state index contributed by atoms with van der Waals surface area (Å²) in [5.74, 6) is 0.677. The Morgan fingerprint density at radius 3 is 3.20 bits per heavy atom. The van der Waals surface area contributed by atoms with E-state index in [0.717, 1.165) is 19.4 Å². The maximum absolute atomic E-state index is 10.8. The Bertz CT molecular complexity index is 142. The summed E-state index contributed by atoms with van der Waals surface area (Å²) in [5.41, 5.74) is 0. The van der Waals surface area contributed by atoms with Gasteiger partial charge in [0.2, 0.25) is 5.91 Å². The Hall–Kier alpha value is -0.790. The molecule has 10 heavy (non-hydrogen) atoms. The summed E-state index contributed by atoms with van der Waals surface area (Å²) < 4.78 is 0. The number of amides is 1. The highest BCUT2D eigenvalue weighted by molar-refractivity contribution is 5.76. The van der Waals surface area contributed by atoms with Crippen molar-refractivity contribution in [2.24, 2.45) is 5.92 Å². The highest BCUT2D eigenvalue weighted by atomic mass is 16.1. The lowest BCUT2D eigenvalue weighted by atomic mass is 10.0. The van der Waals surface area contributed by atoms with Gasteiger partial charge in [0.05, 0.1) is 0 Å². The molecule has 1 amide bonds. The van der Waals surface area contributed by atoms with Crippen molar-refractivity contribution in [1.82, 2.24) is 5.32 Å². The molecule has 0 aromatic rings. The quantitative estimate of drug-likeness (QED) is 0.541. The molecule has 1 N–H and O–H groups in total. The first-order chi connectivity index (χ1) is 4.83. The Balaban J connectivity index is 2.40. The maximum Gasteiger partial charge on any atom is 0.220 e. The average molecular weight is 139 g/mol. The van der Waals surface area contributed by atoms with Crippen LogP contribution in [0.5, 0.6) is 0 Å². The largest absolute Gasteiger partial charge is 0.356 e. The molecule has 0 radical (unpaired) electrons. The van der Waals surface area contributed by atoms with Crippen molar-refractivity contribution in [1.29, 1.82) is 0 Å². The lowest BCUT2D eigenvalue weighted by Gasteiger charge is -2.05. The van der Waals surface area contributed by atoms with Crippen molar-refractivity contribution < 1.29 is 4.79 Å². The van der Waals surface area contributed by atoms with Gasteiger partial charge >= 0.3 is 0 Å². The minimum atomic E-state index is 0.185. The molecule has 1 aliphatic heterocycles. The minimum absolute atomic E-state index is 0.185. The van der Waals surface area contributed by atoms with Crippen LogP contribution in [0.15, 0.2) is 12.7 Å². The molecule has 1 heterocycles. The summed E-state index contributed by atoms with van der Waals surface area (Å²) >= 11 is 0. The first-order valence-electron chi connectivity index (χ1n) is 3.72. The van der Waals surface area contributed by atoms with Gasteiger partial charge in [-0.25, -0.2) is 0 Å². The first-order valence-corrected chi connectivity index (χ1v) is 3.72. The standard InChI is InChI=1S/C8H13NO/c1-2-7-4-3-5-8(10)9-6-7/h2,7H,1,3-6H2,(H,9,10)/t7-/m1/s1. The van der Waals surface area contributed by atoms with Crippen LogP contribution in [0.3, 0.4) is 0 Å². The van der Waals surface area contributed by atoms with Gasteiger partial charge in [-0.3, -0.25) is 4.79 Å². The van der Waals surface area contributed by atoms with Gasteiger partial charge in [0.25, 0.3) is 0 Å². The molecule has 1 fully saturated rings. The number of hydrogen-bond donors (Lipinski definition) is 1. The summed E-state index contributed by atoms with van der Waals surface area (Å²) in [7, 11) is 0. The molecular weight excluding hydrogens is 126 g/mol. The van der Waals surface area contributed by atoms with Crippen LogP contribution >= 0.6 is 0 Å². The zero-order valence-electron chi connectivity index (χ0n) is 6.10. The predicted molar refractivity (Wildman–Crippen MR) is 40.5 cm³/mol. The third-order valence-electron chi connectivity index (χ3n) is 1.87. The van der Waals surface area contributed by atoms with Gasteiger partial charge in [0.1, 0.15) is 0 Å². The molecule has 2 nitrogen and oxygen atoms in total. The molecule has 1 atom stereocenters. The zero-order valence-corrected chi connectivity index (χ0v) is 6.10. The Morgan fingerprint density at radius 2 is 2.50 bits per heavy atom. The van der Waals surface area contributed by atoms with E-state index in [-0.39, 0.29) is 5.91 Å². The molecule has 0 unspecified atom stereocenters. The fourth-order valence-corrected chi connectivity index (χ4v) is 1.16. The first kappa shape index (κ1) is 7.32. The molecule has 0 saturated carbocycles. The second kappa shape index (κ2) is 3.40. The molecule has 1 rings (SSSR count). The van der Waals surface area contributed by atoms with E-state index in [1.165, 1.54) is 0 Å². The van der Waals surface area contributed by atoms with Gasteiger partial charge in [-0.2, -0.15) is 0 Å². The number of nitrogens with one attached hydrogen (secondary N) is 1. The van der Waals surface area contributed by atoms with Gasteiger partial charge in [0.15, 0.2) is 0 Å². The number of carbonyl (C=O) groups is 1. The summed E-state index contributed by atoms with van der Waals surface area (Å²) in [5, 5.41) is 2.84. The smallest absolute Gasteiger partial charge is 0.220 e. The molecular formula is C8H13NO. The van der Waals surface area contributed by atoms with Crippen LogP contribution in [0.4, 0.5) is 0 Å². The number of hydrogen-bond acceptors (Lipinski definition) is 1. The van der Waals surface area contributed by atoms with Crippen LogP contribution in [0.25, 0.3) is 0 Å². The fourth-order valence-electron chi connectivity index (χ4n) is 1.16. The van der Waals surface area contributed by atoms with Crippen LogP contribution in [0.2, 0.25) is 0 Å². The summed E-state index contributed by atoms with van der Waals surface area (Å²) in [6.45, 7) is 4.48. The Labute approximate surface area is 61.3 Å². The van der Waals surface area contributed by atoms with Gasteiger partial charge in [-0.1, -0.05) is 6.08 Å². The maximum atomic E-state index is 10.8. The Kier molecular flexibility index (Phi) is 2.49. The molecule has 0 bridgehead atoms. The van der Waals surface area contributed by atoms with Crippen molar-refractivity contribution in [3.63, 3.8) is 0 Å². The van der Waals surface area contributed by atoms with Crippen molar-refractivity contribution >= 4 is 5.91 Å². The van der Waals surface area contributed by atoms with Crippen LogP contribution in [0.1, 0.15) is 19.3 Å². The predicted octanol–water partition coefficient (Wildman–Crippen LogP) is 1.09. The highest BCUT2D eigenvalue weighted by Crippen LogP contribution is 2.11. The zero-order chi connectivity index (χ0) is 7.40. The van der Waals surface area contributed by atoms with Gasteiger partial charge in [-0.15, -0.1) is 6.58 Å². The summed E-state index contributed by atoms with van der Waals surface area (Å²) in [4.78, 5) is 10.8. The van der Waals surface area contributed by atoms with E-state index in [9.17, 15) is 4.79 Å². The summed E-state index contributed by atoms with van der Waals surface area (Å²) in [6, 6.07) is 0. The third-order valence-corrected chi connectivity index (χ3v) is 1.87. The molecule has 0 aromatic heterocycles. The molecule has 0 spiro atoms. The molecule has 1 saturated heterocycles. The van der Waals surface area contributed by atoms with E-state index in [0.29, 0.717) is 12.3 Å². The van der Waals surface area contributed by atoms with E-state index in [1.54, 1.807) is 0 Å². The van der Waals surface area contributed by atoms with Crippen LogP contribution < -0.4 is 5.32 Å². The van der Waals surface area contributed by atoms with Crippen molar-refractivity contribution in [3.8, 4) is 0 Å². The molecule has 1 aliphatic rings. The molecule has 0 aliphatic carbocycles. The highest BCUT2D eigenvalue weighted by Gasteiger charge is 2.11. The van der Waals surface area contributed by atoms with Crippen LogP contribution in [0, 0.1) is 5.92 Å². The van der Waals surface area contributed by atoms with Crippen molar-refractivity contribution in [2.75, 3.05) is 6.54 Å². The number of rotatable bonds is 1. The van der Waals surface area contributed by atoms with E-state index >= 15 is 0 Å². The van der Waals surface area contributed by atoms with Gasteiger partial charge in [-0.05, 0) is 18.8 Å². The molecule has 0 aromatic carbocycles. The summed E-state index contributed by atoms with van der Waals surface area (Å²) in [6.07, 6.45) is 4.71. The van der Waals surface area contributed by atoms with Crippen molar-refractivity contribution in [3.05, 3.63) is 12.7 Å². The average Bonchev–Trinajstić information content (AvgIpc) is 2.14. The van der Waals surface area contributed by atoms with Gasteiger partial charge < -0.3 is 5.32 Å². The second-order valence-corrected chi connectivity index (χ2v) is 2.69.